The molecule has 0 amide bonds. The first-order valence-corrected chi connectivity index (χ1v) is 16.7. The molecule has 1 aliphatic rings. The third-order valence-corrected chi connectivity index (χ3v) is 14.1. The fourth-order valence-electron chi connectivity index (χ4n) is 6.54. The molecule has 189 valence electrons. The van der Waals surface area contributed by atoms with E-state index in [0.717, 1.165) is 6.42 Å². The number of benzene rings is 5. The highest BCUT2D eigenvalue weighted by Crippen LogP contribution is 2.35. The molecule has 0 bridgehead atoms. The van der Waals surface area contributed by atoms with E-state index in [4.69, 9.17) is 0 Å². The van der Waals surface area contributed by atoms with Crippen molar-refractivity contribution >= 4 is 68.0 Å². The van der Waals surface area contributed by atoms with E-state index >= 15 is 0 Å². The summed E-state index contributed by atoms with van der Waals surface area (Å²) in [6, 6.07) is 47.5. The van der Waals surface area contributed by atoms with Crippen LogP contribution in [0, 0.1) is 3.57 Å². The van der Waals surface area contributed by atoms with Crippen LogP contribution < -0.4 is 15.6 Å². The number of halogens is 1. The van der Waals surface area contributed by atoms with E-state index in [1.807, 2.05) is 0 Å². The molecular formula is C36H28INSi-. The fraction of sp³-hybridized carbons (Fsp3) is 0.0556. The van der Waals surface area contributed by atoms with Crippen LogP contribution in [0.25, 0.3) is 27.5 Å². The number of rotatable bonds is 5. The summed E-state index contributed by atoms with van der Waals surface area (Å²) in [5.41, 5.74) is 4.12. The van der Waals surface area contributed by atoms with Crippen molar-refractivity contribution < 1.29 is 0 Å². The molecule has 0 saturated carbocycles. The highest BCUT2D eigenvalue weighted by Gasteiger charge is 2.33. The van der Waals surface area contributed by atoms with Gasteiger partial charge in [-0.25, -0.2) is 0 Å². The summed E-state index contributed by atoms with van der Waals surface area (Å²) in [7, 11) is -2.46. The van der Waals surface area contributed by atoms with Crippen molar-refractivity contribution in [1.82, 2.24) is 4.57 Å². The molecule has 0 saturated heterocycles. The highest BCUT2D eigenvalue weighted by atomic mass is 127. The molecular weight excluding hydrogens is 601 g/mol. The minimum atomic E-state index is -2.46. The largest absolute Gasteiger partial charge is 0.309 e. The molecule has 0 N–H and O–H groups in total. The second-order valence-corrected chi connectivity index (χ2v) is 15.6. The van der Waals surface area contributed by atoms with Gasteiger partial charge in [0.15, 0.2) is 0 Å². The number of aromatic nitrogens is 1. The predicted octanol–water partition coefficient (Wildman–Crippen LogP) is 7.74. The fourth-order valence-corrected chi connectivity index (χ4v) is 12.4. The Morgan fingerprint density at radius 2 is 1.18 bits per heavy atom. The Morgan fingerprint density at radius 3 is 1.79 bits per heavy atom. The maximum absolute atomic E-state index is 2.53. The molecule has 39 heavy (non-hydrogen) atoms. The molecule has 1 nitrogen and oxygen atoms in total. The smallest absolute Gasteiger partial charge is 0.0541 e. The van der Waals surface area contributed by atoms with Crippen LogP contribution >= 0.6 is 22.6 Å². The lowest BCUT2D eigenvalue weighted by molar-refractivity contribution is 0.997. The maximum Gasteiger partial charge on any atom is 0.0541 e. The van der Waals surface area contributed by atoms with Crippen molar-refractivity contribution in [1.29, 1.82) is 0 Å². The van der Waals surface area contributed by atoms with Crippen LogP contribution in [-0.2, 0) is 0 Å². The number of fused-ring (bicyclic) bond motifs is 3. The molecule has 3 heteroatoms. The van der Waals surface area contributed by atoms with E-state index in [2.05, 4.69) is 179 Å². The van der Waals surface area contributed by atoms with Crippen LogP contribution in [0.1, 0.15) is 6.42 Å². The standard InChI is InChI=1S/C36H28INSi/c37-27-21-23-35-33(25-27)34-26-32(22-24-36(34)38(35)28-13-5-1-6-14-28)39(29-15-7-2-8-16-29,30-17-9-3-10-18-30)31-19-11-4-12-20-31/h1-19,21-26,31H,20H2/q-1. The van der Waals surface area contributed by atoms with Crippen LogP contribution in [0.2, 0.25) is 5.54 Å². The average molecular weight is 630 g/mol. The molecule has 0 radical (unpaired) electrons. The van der Waals surface area contributed by atoms with Crippen molar-refractivity contribution in [3.05, 3.63) is 155 Å². The lowest BCUT2D eigenvalue weighted by Gasteiger charge is -2.52. The first kappa shape index (κ1) is 24.4. The van der Waals surface area contributed by atoms with Gasteiger partial charge in [0.25, 0.3) is 0 Å². The van der Waals surface area contributed by atoms with Crippen LogP contribution in [0.4, 0.5) is 0 Å². The zero-order valence-electron chi connectivity index (χ0n) is 21.5. The lowest BCUT2D eigenvalue weighted by atomic mass is 10.1. The minimum Gasteiger partial charge on any atom is -0.309 e. The molecule has 1 unspecified atom stereocenters. The summed E-state index contributed by atoms with van der Waals surface area (Å²) in [6.45, 7) is 0. The van der Waals surface area contributed by atoms with Crippen molar-refractivity contribution in [2.75, 3.05) is 0 Å². The van der Waals surface area contributed by atoms with E-state index in [1.54, 1.807) is 0 Å². The van der Waals surface area contributed by atoms with Crippen molar-refractivity contribution in [2.45, 2.75) is 12.0 Å². The molecule has 6 aromatic rings. The Kier molecular flexibility index (Phi) is 6.34. The van der Waals surface area contributed by atoms with E-state index in [1.165, 1.54) is 46.6 Å². The normalized spacial score (nSPS) is 15.3. The SMILES string of the molecule is Ic1ccc2c(c1)c1cc([Si-](c3ccccc3)(c3ccccc3)C3C=CC=CC3)ccc1n2-c1ccccc1. The summed E-state index contributed by atoms with van der Waals surface area (Å²) in [5.74, 6) is 0. The van der Waals surface area contributed by atoms with Gasteiger partial charge in [0.1, 0.15) is 0 Å². The molecule has 0 fully saturated rings. The van der Waals surface area contributed by atoms with Gasteiger partial charge in [-0.05, 0) is 67.1 Å². The Bertz CT molecular complexity index is 1800. The highest BCUT2D eigenvalue weighted by molar-refractivity contribution is 14.1. The van der Waals surface area contributed by atoms with Gasteiger partial charge in [0, 0.05) is 20.0 Å². The first-order chi connectivity index (χ1) is 19.3. The van der Waals surface area contributed by atoms with Crippen molar-refractivity contribution in [3.63, 3.8) is 0 Å². The van der Waals surface area contributed by atoms with Crippen molar-refractivity contribution in [2.24, 2.45) is 0 Å². The Balaban J connectivity index is 1.59. The van der Waals surface area contributed by atoms with E-state index < -0.39 is 8.07 Å². The quantitative estimate of drug-likeness (QED) is 0.105. The number of para-hydroxylation sites is 1. The van der Waals surface area contributed by atoms with E-state index in [-0.39, 0.29) is 0 Å². The van der Waals surface area contributed by atoms with Gasteiger partial charge >= 0.3 is 0 Å². The molecule has 1 heterocycles. The second-order valence-electron chi connectivity index (χ2n) is 10.3. The average Bonchev–Trinajstić information content (AvgIpc) is 3.33. The van der Waals surface area contributed by atoms with Crippen molar-refractivity contribution in [3.8, 4) is 5.69 Å². The number of allylic oxidation sites excluding steroid dienone is 4. The topological polar surface area (TPSA) is 4.93 Å². The summed E-state index contributed by atoms with van der Waals surface area (Å²) in [4.78, 5) is 0. The van der Waals surface area contributed by atoms with Gasteiger partial charge in [0.2, 0.25) is 0 Å². The summed E-state index contributed by atoms with van der Waals surface area (Å²) >= 11 is 2.45. The Hall–Kier alpha value is -3.67. The van der Waals surface area contributed by atoms with Crippen LogP contribution in [-0.4, -0.2) is 12.6 Å². The third kappa shape index (κ3) is 4.03. The van der Waals surface area contributed by atoms with Gasteiger partial charge < -0.3 is 4.57 Å². The summed E-state index contributed by atoms with van der Waals surface area (Å²) < 4.78 is 3.68. The van der Waals surface area contributed by atoms with Crippen LogP contribution in [0.3, 0.4) is 0 Å². The molecule has 7 rings (SSSR count). The Labute approximate surface area is 244 Å². The summed E-state index contributed by atoms with van der Waals surface area (Å²) in [5, 5.41) is 7.02. The first-order valence-electron chi connectivity index (χ1n) is 13.5. The lowest BCUT2D eigenvalue weighted by Crippen LogP contribution is -2.69. The predicted molar refractivity (Wildman–Crippen MR) is 178 cm³/mol. The van der Waals surface area contributed by atoms with E-state index in [0.29, 0.717) is 5.54 Å². The number of nitrogens with zero attached hydrogens (tertiary/aromatic N) is 1. The molecule has 1 atom stereocenters. The van der Waals surface area contributed by atoms with Gasteiger partial charge in [-0.15, -0.1) is 11.6 Å². The molecule has 5 aromatic carbocycles. The van der Waals surface area contributed by atoms with Gasteiger partial charge in [-0.2, -0.15) is 15.6 Å². The van der Waals surface area contributed by atoms with Gasteiger partial charge in [-0.3, -0.25) is 0 Å². The zero-order chi connectivity index (χ0) is 26.2. The number of hydrogen-bond acceptors (Lipinski definition) is 0. The van der Waals surface area contributed by atoms with Crippen LogP contribution in [0.5, 0.6) is 0 Å². The maximum atomic E-state index is 2.53. The molecule has 1 aliphatic carbocycles. The molecule has 1 aromatic heterocycles. The zero-order valence-corrected chi connectivity index (χ0v) is 24.7. The number of hydrogen-bond donors (Lipinski definition) is 0. The monoisotopic (exact) mass is 629 g/mol. The third-order valence-electron chi connectivity index (χ3n) is 8.19. The molecule has 0 aliphatic heterocycles. The second kappa shape index (κ2) is 10.1. The van der Waals surface area contributed by atoms with Gasteiger partial charge in [0.05, 0.1) is 11.0 Å². The van der Waals surface area contributed by atoms with E-state index in [9.17, 15) is 0 Å². The van der Waals surface area contributed by atoms with Gasteiger partial charge in [-0.1, -0.05) is 116 Å². The Morgan fingerprint density at radius 1 is 0.590 bits per heavy atom. The summed E-state index contributed by atoms with van der Waals surface area (Å²) in [6.07, 6.45) is 10.3. The molecule has 0 spiro atoms. The van der Waals surface area contributed by atoms with Crippen LogP contribution in [0.15, 0.2) is 152 Å². The minimum absolute atomic E-state index is 0.423.